The van der Waals surface area contributed by atoms with E-state index < -0.39 is 5.56 Å². The van der Waals surface area contributed by atoms with E-state index in [0.717, 1.165) is 25.7 Å². The van der Waals surface area contributed by atoms with E-state index in [9.17, 15) is 14.4 Å². The molecule has 0 unspecified atom stereocenters. The molecule has 0 atom stereocenters. The van der Waals surface area contributed by atoms with Crippen molar-refractivity contribution in [3.05, 3.63) is 27.2 Å². The Hall–Kier alpha value is -2.18. The number of carbonyl (C=O) groups is 1. The Morgan fingerprint density at radius 3 is 2.50 bits per heavy atom. The standard InChI is InChI=1S/C15H18N4O3/c1-8(20)6-18-7-16-13-12(18)14(21)17-15(22)19(13)11(9-2-3-9)10-4-5-10/h7,9-11H,2-6H2,1H3,(H,17,21,22). The van der Waals surface area contributed by atoms with Crippen LogP contribution in [0, 0.1) is 11.8 Å². The summed E-state index contributed by atoms with van der Waals surface area (Å²) in [5.74, 6) is 0.965. The summed E-state index contributed by atoms with van der Waals surface area (Å²) in [6, 6.07) is 0.132. The second-order valence-electron chi connectivity index (χ2n) is 6.54. The van der Waals surface area contributed by atoms with E-state index in [1.807, 2.05) is 0 Å². The monoisotopic (exact) mass is 302 g/mol. The number of Topliss-reactive ketones (excluding diaryl/α,β-unsaturated/α-hetero) is 1. The Morgan fingerprint density at radius 1 is 1.32 bits per heavy atom. The molecular formula is C15H18N4O3. The second-order valence-corrected chi connectivity index (χ2v) is 6.54. The molecule has 0 bridgehead atoms. The predicted octanol–water partition coefficient (Wildman–Crippen LogP) is 0.836. The number of ketones is 1. The van der Waals surface area contributed by atoms with E-state index in [2.05, 4.69) is 9.97 Å². The Balaban J connectivity index is 1.94. The van der Waals surface area contributed by atoms with Gasteiger partial charge in [0.2, 0.25) is 0 Å². The van der Waals surface area contributed by atoms with Gasteiger partial charge in [-0.25, -0.2) is 9.78 Å². The van der Waals surface area contributed by atoms with Crippen LogP contribution >= 0.6 is 0 Å². The number of fused-ring (bicyclic) bond motifs is 1. The van der Waals surface area contributed by atoms with Crippen molar-refractivity contribution in [2.45, 2.75) is 45.2 Å². The molecule has 4 rings (SSSR count). The molecule has 0 radical (unpaired) electrons. The first-order chi connectivity index (χ1) is 10.6. The van der Waals surface area contributed by atoms with Crippen LogP contribution in [0.4, 0.5) is 0 Å². The molecule has 7 nitrogen and oxygen atoms in total. The molecule has 1 N–H and O–H groups in total. The predicted molar refractivity (Wildman–Crippen MR) is 79.8 cm³/mol. The zero-order valence-electron chi connectivity index (χ0n) is 12.4. The van der Waals surface area contributed by atoms with Crippen molar-refractivity contribution >= 4 is 16.9 Å². The fraction of sp³-hybridized carbons (Fsp3) is 0.600. The maximum Gasteiger partial charge on any atom is 0.330 e. The largest absolute Gasteiger partial charge is 0.330 e. The third-order valence-electron chi connectivity index (χ3n) is 4.60. The number of aromatic amines is 1. The van der Waals surface area contributed by atoms with Crippen molar-refractivity contribution in [1.29, 1.82) is 0 Å². The highest BCUT2D eigenvalue weighted by Gasteiger charge is 2.44. The highest BCUT2D eigenvalue weighted by atomic mass is 16.2. The number of nitrogens with one attached hydrogen (secondary N) is 1. The van der Waals surface area contributed by atoms with Crippen molar-refractivity contribution in [1.82, 2.24) is 19.1 Å². The molecule has 2 aliphatic carbocycles. The van der Waals surface area contributed by atoms with Crippen LogP contribution in [-0.2, 0) is 11.3 Å². The number of nitrogens with zero attached hydrogens (tertiary/aromatic N) is 3. The van der Waals surface area contributed by atoms with E-state index in [1.54, 1.807) is 4.57 Å². The van der Waals surface area contributed by atoms with Crippen LogP contribution in [0.1, 0.15) is 38.6 Å². The van der Waals surface area contributed by atoms with Gasteiger partial charge in [0.05, 0.1) is 12.9 Å². The number of carbonyl (C=O) groups excluding carboxylic acids is 1. The summed E-state index contributed by atoms with van der Waals surface area (Å²) >= 11 is 0. The Labute approximate surface area is 126 Å². The molecule has 2 aliphatic rings. The average molecular weight is 302 g/mol. The molecule has 2 aromatic rings. The molecule has 0 aliphatic heterocycles. The molecule has 22 heavy (non-hydrogen) atoms. The molecule has 2 heterocycles. The fourth-order valence-electron chi connectivity index (χ4n) is 3.41. The van der Waals surface area contributed by atoms with Gasteiger partial charge in [0.15, 0.2) is 11.2 Å². The summed E-state index contributed by atoms with van der Waals surface area (Å²) in [5, 5.41) is 0. The molecule has 116 valence electrons. The molecule has 0 amide bonds. The van der Waals surface area contributed by atoms with Crippen LogP contribution in [-0.4, -0.2) is 24.9 Å². The van der Waals surface area contributed by atoms with E-state index in [4.69, 9.17) is 0 Å². The van der Waals surface area contributed by atoms with Gasteiger partial charge >= 0.3 is 5.69 Å². The number of rotatable bonds is 5. The average Bonchev–Trinajstić information content (AvgIpc) is 3.34. The normalized spacial score (nSPS) is 18.3. The van der Waals surface area contributed by atoms with Gasteiger partial charge in [-0.15, -0.1) is 0 Å². The van der Waals surface area contributed by atoms with Crippen molar-refractivity contribution in [2.24, 2.45) is 11.8 Å². The molecular weight excluding hydrogens is 284 g/mol. The third kappa shape index (κ3) is 2.12. The maximum absolute atomic E-state index is 12.4. The number of imidazole rings is 1. The van der Waals surface area contributed by atoms with E-state index >= 15 is 0 Å². The Morgan fingerprint density at radius 2 is 1.95 bits per heavy atom. The lowest BCUT2D eigenvalue weighted by Crippen LogP contribution is -2.35. The van der Waals surface area contributed by atoms with Crippen LogP contribution in [0.2, 0.25) is 0 Å². The smallest absolute Gasteiger partial charge is 0.317 e. The minimum Gasteiger partial charge on any atom is -0.317 e. The Bertz CT molecular complexity index is 855. The maximum atomic E-state index is 12.4. The molecule has 2 fully saturated rings. The first-order valence-electron chi connectivity index (χ1n) is 7.75. The summed E-state index contributed by atoms with van der Waals surface area (Å²) in [7, 11) is 0. The number of aromatic nitrogens is 4. The van der Waals surface area contributed by atoms with Crippen LogP contribution in [0.25, 0.3) is 11.2 Å². The van der Waals surface area contributed by atoms with Gasteiger partial charge in [-0.05, 0) is 44.4 Å². The summed E-state index contributed by atoms with van der Waals surface area (Å²) in [5.41, 5.74) is -0.116. The van der Waals surface area contributed by atoms with Crippen LogP contribution in [0.3, 0.4) is 0 Å². The third-order valence-corrected chi connectivity index (χ3v) is 4.60. The van der Waals surface area contributed by atoms with E-state index in [0.29, 0.717) is 23.0 Å². The van der Waals surface area contributed by atoms with Crippen LogP contribution in [0.5, 0.6) is 0 Å². The lowest BCUT2D eigenvalue weighted by molar-refractivity contribution is -0.117. The molecule has 0 aromatic carbocycles. The van der Waals surface area contributed by atoms with Gasteiger partial charge in [0, 0.05) is 6.04 Å². The number of H-pyrrole nitrogens is 1. The number of hydrogen-bond acceptors (Lipinski definition) is 4. The summed E-state index contributed by atoms with van der Waals surface area (Å²) in [6.45, 7) is 1.56. The van der Waals surface area contributed by atoms with Gasteiger partial charge in [-0.1, -0.05) is 0 Å². The summed E-state index contributed by atoms with van der Waals surface area (Å²) < 4.78 is 3.20. The SMILES string of the molecule is CC(=O)Cn1cnc2c1c(=O)[nH]c(=O)n2C(C1CC1)C1CC1. The zero-order valence-corrected chi connectivity index (χ0v) is 12.4. The van der Waals surface area contributed by atoms with Gasteiger partial charge in [0.1, 0.15) is 5.78 Å². The molecule has 2 aromatic heterocycles. The fourth-order valence-corrected chi connectivity index (χ4v) is 3.41. The van der Waals surface area contributed by atoms with Gasteiger partial charge < -0.3 is 4.57 Å². The molecule has 0 saturated heterocycles. The first kappa shape index (κ1) is 13.5. The van der Waals surface area contributed by atoms with Crippen molar-refractivity contribution in [2.75, 3.05) is 0 Å². The van der Waals surface area contributed by atoms with Crippen molar-refractivity contribution in [3.8, 4) is 0 Å². The van der Waals surface area contributed by atoms with Crippen LogP contribution < -0.4 is 11.2 Å². The lowest BCUT2D eigenvalue weighted by Gasteiger charge is -2.19. The second kappa shape index (κ2) is 4.66. The summed E-state index contributed by atoms with van der Waals surface area (Å²) in [6.07, 6.45) is 5.99. The lowest BCUT2D eigenvalue weighted by atomic mass is 10.1. The van der Waals surface area contributed by atoms with Crippen LogP contribution in [0.15, 0.2) is 15.9 Å². The zero-order chi connectivity index (χ0) is 15.4. The highest BCUT2D eigenvalue weighted by Crippen LogP contribution is 2.51. The topological polar surface area (TPSA) is 89.8 Å². The molecule has 7 heteroatoms. The number of hydrogen-bond donors (Lipinski definition) is 1. The van der Waals surface area contributed by atoms with Crippen molar-refractivity contribution < 1.29 is 4.79 Å². The van der Waals surface area contributed by atoms with Gasteiger partial charge in [-0.2, -0.15) is 0 Å². The highest BCUT2D eigenvalue weighted by molar-refractivity contribution is 5.78. The summed E-state index contributed by atoms with van der Waals surface area (Å²) in [4.78, 5) is 42.6. The van der Waals surface area contributed by atoms with E-state index in [1.165, 1.54) is 17.8 Å². The molecule has 0 spiro atoms. The minimum atomic E-state index is -0.472. The Kier molecular flexibility index (Phi) is 2.85. The van der Waals surface area contributed by atoms with Gasteiger partial charge in [-0.3, -0.25) is 19.1 Å². The molecule has 2 saturated carbocycles. The quantitative estimate of drug-likeness (QED) is 0.886. The first-order valence-corrected chi connectivity index (χ1v) is 7.75. The van der Waals surface area contributed by atoms with Gasteiger partial charge in [0.25, 0.3) is 5.56 Å². The minimum absolute atomic E-state index is 0.0580. The van der Waals surface area contributed by atoms with E-state index in [-0.39, 0.29) is 24.1 Å². The van der Waals surface area contributed by atoms with Crippen molar-refractivity contribution in [3.63, 3.8) is 0 Å².